The van der Waals surface area contributed by atoms with Crippen molar-refractivity contribution in [3.8, 4) is 0 Å². The van der Waals surface area contributed by atoms with Crippen molar-refractivity contribution in [1.82, 2.24) is 4.90 Å². The van der Waals surface area contributed by atoms with Crippen molar-refractivity contribution in [1.29, 1.82) is 0 Å². The summed E-state index contributed by atoms with van der Waals surface area (Å²) in [6.45, 7) is 3.43. The number of thiophene rings is 1. The number of ketones is 1. The summed E-state index contributed by atoms with van der Waals surface area (Å²) >= 11 is 1.51. The minimum atomic E-state index is 0.0695. The third-order valence-electron chi connectivity index (χ3n) is 3.13. The molecule has 5 heteroatoms. The van der Waals surface area contributed by atoms with E-state index in [1.165, 1.54) is 29.7 Å². The van der Waals surface area contributed by atoms with Crippen LogP contribution in [-0.4, -0.2) is 37.9 Å². The molecule has 0 aromatic carbocycles. The fourth-order valence-corrected chi connectivity index (χ4v) is 3.15. The summed E-state index contributed by atoms with van der Waals surface area (Å²) in [5, 5.41) is 4.53. The fraction of sp³-hybridized carbons (Fsp3) is 0.615. The lowest BCUT2D eigenvalue weighted by atomic mass is 10.1. The fourth-order valence-electron chi connectivity index (χ4n) is 2.02. The molecule has 1 saturated carbocycles. The predicted octanol–water partition coefficient (Wildman–Crippen LogP) is 2.38. The van der Waals surface area contributed by atoms with Gasteiger partial charge in [-0.3, -0.25) is 4.79 Å². The third-order valence-corrected chi connectivity index (χ3v) is 4.41. The van der Waals surface area contributed by atoms with Gasteiger partial charge in [0.25, 0.3) is 0 Å². The molecule has 3 N–H and O–H groups in total. The van der Waals surface area contributed by atoms with Gasteiger partial charge in [0.05, 0.1) is 15.6 Å². The summed E-state index contributed by atoms with van der Waals surface area (Å²) in [6, 6.07) is 0. The zero-order valence-electron chi connectivity index (χ0n) is 11.2. The van der Waals surface area contributed by atoms with Gasteiger partial charge in [-0.25, -0.2) is 0 Å². The number of Topliss-reactive ketones (excluding diaryl/α,β-unsaturated/α-hetero) is 1. The maximum absolute atomic E-state index is 11.6. The van der Waals surface area contributed by atoms with Crippen LogP contribution < -0.4 is 11.1 Å². The van der Waals surface area contributed by atoms with Crippen LogP contribution in [0.5, 0.6) is 0 Å². The highest BCUT2D eigenvalue weighted by Gasteiger charge is 2.32. The Morgan fingerprint density at radius 2 is 2.17 bits per heavy atom. The molecule has 100 valence electrons. The monoisotopic (exact) mass is 267 g/mol. The van der Waals surface area contributed by atoms with Crippen LogP contribution in [0.3, 0.4) is 0 Å². The van der Waals surface area contributed by atoms with Gasteiger partial charge in [-0.1, -0.05) is 0 Å². The molecule has 0 saturated heterocycles. The molecule has 1 heterocycles. The number of nitrogen functional groups attached to an aromatic ring is 1. The largest absolute Gasteiger partial charge is 0.397 e. The number of nitrogens with one attached hydrogen (secondary N) is 1. The minimum absolute atomic E-state index is 0.0695. The predicted molar refractivity (Wildman–Crippen MR) is 77.8 cm³/mol. The van der Waals surface area contributed by atoms with Gasteiger partial charge >= 0.3 is 0 Å². The Labute approximate surface area is 112 Å². The van der Waals surface area contributed by atoms with Gasteiger partial charge in [0.2, 0.25) is 0 Å². The minimum Gasteiger partial charge on any atom is -0.397 e. The van der Waals surface area contributed by atoms with E-state index < -0.39 is 0 Å². The van der Waals surface area contributed by atoms with E-state index in [-0.39, 0.29) is 5.78 Å². The molecule has 1 aliphatic carbocycles. The number of anilines is 2. The molecule has 0 unspecified atom stereocenters. The van der Waals surface area contributed by atoms with Crippen LogP contribution in [0.15, 0.2) is 0 Å². The van der Waals surface area contributed by atoms with Crippen LogP contribution in [-0.2, 0) is 0 Å². The number of likely N-dealkylation sites (N-methyl/N-ethyl adjacent to an activating group) is 1. The molecule has 0 amide bonds. The lowest BCUT2D eigenvalue weighted by Gasteiger charge is -2.11. The van der Waals surface area contributed by atoms with Gasteiger partial charge in [-0.05, 0) is 32.9 Å². The van der Waals surface area contributed by atoms with E-state index in [1.807, 2.05) is 14.1 Å². The van der Waals surface area contributed by atoms with Crippen LogP contribution >= 0.6 is 11.3 Å². The lowest BCUT2D eigenvalue weighted by molar-refractivity contribution is 0.102. The highest BCUT2D eigenvalue weighted by Crippen LogP contribution is 2.50. The number of hydrogen-bond donors (Lipinski definition) is 2. The first-order chi connectivity index (χ1) is 8.50. The Balaban J connectivity index is 2.17. The van der Waals surface area contributed by atoms with Crippen molar-refractivity contribution in [3.05, 3.63) is 10.4 Å². The molecule has 2 rings (SSSR count). The van der Waals surface area contributed by atoms with E-state index in [1.54, 1.807) is 6.92 Å². The summed E-state index contributed by atoms with van der Waals surface area (Å²) in [5.41, 5.74) is 8.01. The molecule has 1 fully saturated rings. The van der Waals surface area contributed by atoms with Crippen molar-refractivity contribution >= 4 is 27.8 Å². The summed E-state index contributed by atoms with van der Waals surface area (Å²) < 4.78 is 0. The zero-order chi connectivity index (χ0) is 13.3. The maximum atomic E-state index is 11.6. The smallest absolute Gasteiger partial charge is 0.171 e. The second kappa shape index (κ2) is 5.28. The number of carbonyl (C=O) groups excluding carboxylic acids is 1. The summed E-state index contributed by atoms with van der Waals surface area (Å²) in [6.07, 6.45) is 2.39. The number of nitrogens with zero attached hydrogens (tertiary/aromatic N) is 1. The Morgan fingerprint density at radius 3 is 2.67 bits per heavy atom. The molecule has 1 aliphatic rings. The number of rotatable bonds is 6. The molecule has 0 bridgehead atoms. The molecule has 0 aliphatic heterocycles. The summed E-state index contributed by atoms with van der Waals surface area (Å²) in [4.78, 5) is 14.4. The molecule has 18 heavy (non-hydrogen) atoms. The topological polar surface area (TPSA) is 58.4 Å². The van der Waals surface area contributed by atoms with Gasteiger partial charge in [-0.15, -0.1) is 11.3 Å². The van der Waals surface area contributed by atoms with Crippen molar-refractivity contribution in [2.75, 3.05) is 38.2 Å². The molecule has 0 atom stereocenters. The van der Waals surface area contributed by atoms with Crippen molar-refractivity contribution in [3.63, 3.8) is 0 Å². The number of nitrogens with two attached hydrogens (primary N) is 1. The molecular weight excluding hydrogens is 246 g/mol. The standard InChI is InChI=1S/C13H21N3OS/c1-8(17)12-11(14)10(9-4-5-9)13(18-12)15-6-7-16(2)3/h9,15H,4-7,14H2,1-3H3. The van der Waals surface area contributed by atoms with E-state index in [2.05, 4.69) is 10.2 Å². The highest BCUT2D eigenvalue weighted by molar-refractivity contribution is 7.18. The van der Waals surface area contributed by atoms with E-state index in [0.717, 1.165) is 18.1 Å². The molecule has 1 aromatic heterocycles. The zero-order valence-corrected chi connectivity index (χ0v) is 12.1. The first kappa shape index (κ1) is 13.4. The average molecular weight is 267 g/mol. The van der Waals surface area contributed by atoms with Gasteiger partial charge in [0.1, 0.15) is 0 Å². The van der Waals surface area contributed by atoms with Crippen molar-refractivity contribution in [2.24, 2.45) is 0 Å². The SMILES string of the molecule is CC(=O)c1sc(NCCN(C)C)c(C2CC2)c1N. The maximum Gasteiger partial charge on any atom is 0.171 e. The first-order valence-electron chi connectivity index (χ1n) is 6.32. The van der Waals surface area contributed by atoms with Crippen LogP contribution in [0.25, 0.3) is 0 Å². The van der Waals surface area contributed by atoms with Crippen molar-refractivity contribution in [2.45, 2.75) is 25.7 Å². The molecule has 1 aromatic rings. The second-order valence-corrected chi connectivity index (χ2v) is 6.17. The Kier molecular flexibility index (Phi) is 3.92. The van der Waals surface area contributed by atoms with Gasteiger partial charge in [0.15, 0.2) is 5.78 Å². The quantitative estimate of drug-likeness (QED) is 0.777. The lowest BCUT2D eigenvalue weighted by Crippen LogP contribution is -2.20. The first-order valence-corrected chi connectivity index (χ1v) is 7.14. The van der Waals surface area contributed by atoms with E-state index >= 15 is 0 Å². The highest BCUT2D eigenvalue weighted by atomic mass is 32.1. The van der Waals surface area contributed by atoms with Gasteiger partial charge in [0, 0.05) is 25.6 Å². The van der Waals surface area contributed by atoms with Crippen LogP contribution in [0, 0.1) is 0 Å². The van der Waals surface area contributed by atoms with E-state index in [4.69, 9.17) is 5.73 Å². The second-order valence-electron chi connectivity index (χ2n) is 5.15. The van der Waals surface area contributed by atoms with E-state index in [0.29, 0.717) is 16.5 Å². The summed E-state index contributed by atoms with van der Waals surface area (Å²) in [7, 11) is 4.10. The molecule has 0 radical (unpaired) electrons. The average Bonchev–Trinajstić information content (AvgIpc) is 3.04. The van der Waals surface area contributed by atoms with Gasteiger partial charge < -0.3 is 16.0 Å². The van der Waals surface area contributed by atoms with E-state index in [9.17, 15) is 4.79 Å². The number of hydrogen-bond acceptors (Lipinski definition) is 5. The normalized spacial score (nSPS) is 15.1. The molecule has 4 nitrogen and oxygen atoms in total. The Morgan fingerprint density at radius 1 is 1.50 bits per heavy atom. The molecular formula is C13H21N3OS. The van der Waals surface area contributed by atoms with Gasteiger partial charge in [-0.2, -0.15) is 0 Å². The molecule has 0 spiro atoms. The van der Waals surface area contributed by atoms with Crippen LogP contribution in [0.4, 0.5) is 10.7 Å². The van der Waals surface area contributed by atoms with Crippen LogP contribution in [0.2, 0.25) is 0 Å². The van der Waals surface area contributed by atoms with Crippen molar-refractivity contribution < 1.29 is 4.79 Å². The third kappa shape index (κ3) is 2.84. The van der Waals surface area contributed by atoms with Crippen LogP contribution in [0.1, 0.15) is 40.9 Å². The Bertz CT molecular complexity index is 449. The summed E-state index contributed by atoms with van der Waals surface area (Å²) in [5.74, 6) is 0.635. The Hall–Kier alpha value is -1.07. The number of carbonyl (C=O) groups is 1.